The van der Waals surface area contributed by atoms with Gasteiger partial charge < -0.3 is 19.4 Å². The standard InChI is InChI=1S/C15H18N2O3/c1-17-7-6-12(10-17)15(18)16-9-11-4-5-13(19-2)14(8-11)20-3/h4-8,10H,9H2,1-3H3,(H,16,18). The highest BCUT2D eigenvalue weighted by molar-refractivity contribution is 5.93. The first-order valence-corrected chi connectivity index (χ1v) is 6.25. The van der Waals surface area contributed by atoms with E-state index in [1.807, 2.05) is 36.0 Å². The van der Waals surface area contributed by atoms with Gasteiger partial charge in [0.2, 0.25) is 0 Å². The summed E-state index contributed by atoms with van der Waals surface area (Å²) in [7, 11) is 5.06. The highest BCUT2D eigenvalue weighted by Gasteiger charge is 2.08. The van der Waals surface area contributed by atoms with Crippen LogP contribution in [0.1, 0.15) is 15.9 Å². The van der Waals surface area contributed by atoms with E-state index in [4.69, 9.17) is 9.47 Å². The minimum atomic E-state index is -0.0969. The van der Waals surface area contributed by atoms with Gasteiger partial charge in [-0.1, -0.05) is 6.07 Å². The highest BCUT2D eigenvalue weighted by atomic mass is 16.5. The SMILES string of the molecule is COc1ccc(CNC(=O)c2ccn(C)c2)cc1OC. The van der Waals surface area contributed by atoms with E-state index in [0.29, 0.717) is 23.6 Å². The fourth-order valence-electron chi connectivity index (χ4n) is 1.91. The van der Waals surface area contributed by atoms with Gasteiger partial charge in [-0.25, -0.2) is 0 Å². The molecule has 0 radical (unpaired) electrons. The molecule has 0 bridgehead atoms. The van der Waals surface area contributed by atoms with E-state index >= 15 is 0 Å². The lowest BCUT2D eigenvalue weighted by atomic mass is 10.2. The number of benzene rings is 1. The molecule has 0 spiro atoms. The van der Waals surface area contributed by atoms with Crippen molar-refractivity contribution in [2.24, 2.45) is 7.05 Å². The second-order valence-corrected chi connectivity index (χ2v) is 4.44. The Labute approximate surface area is 118 Å². The number of ether oxygens (including phenoxy) is 2. The van der Waals surface area contributed by atoms with Crippen molar-refractivity contribution in [3.05, 3.63) is 47.8 Å². The van der Waals surface area contributed by atoms with Crippen LogP contribution >= 0.6 is 0 Å². The van der Waals surface area contributed by atoms with Crippen LogP contribution in [0.25, 0.3) is 0 Å². The molecule has 20 heavy (non-hydrogen) atoms. The predicted octanol–water partition coefficient (Wildman–Crippen LogP) is 1.97. The molecule has 0 saturated heterocycles. The molecule has 2 rings (SSSR count). The Morgan fingerprint density at radius 3 is 2.55 bits per heavy atom. The predicted molar refractivity (Wildman–Crippen MR) is 76.1 cm³/mol. The zero-order valence-corrected chi connectivity index (χ0v) is 11.8. The quantitative estimate of drug-likeness (QED) is 0.907. The highest BCUT2D eigenvalue weighted by Crippen LogP contribution is 2.27. The molecule has 0 aliphatic heterocycles. The van der Waals surface area contributed by atoms with Crippen molar-refractivity contribution >= 4 is 5.91 Å². The van der Waals surface area contributed by atoms with Crippen molar-refractivity contribution in [1.29, 1.82) is 0 Å². The van der Waals surface area contributed by atoms with Crippen LogP contribution in [0.4, 0.5) is 0 Å². The van der Waals surface area contributed by atoms with Crippen molar-refractivity contribution in [2.75, 3.05) is 14.2 Å². The molecule has 5 nitrogen and oxygen atoms in total. The van der Waals surface area contributed by atoms with Crippen LogP contribution in [0, 0.1) is 0 Å². The van der Waals surface area contributed by atoms with E-state index in [9.17, 15) is 4.79 Å². The average molecular weight is 274 g/mol. The summed E-state index contributed by atoms with van der Waals surface area (Å²) in [6, 6.07) is 7.35. The Hall–Kier alpha value is -2.43. The normalized spacial score (nSPS) is 10.2. The molecule has 1 N–H and O–H groups in total. The molecule has 0 atom stereocenters. The summed E-state index contributed by atoms with van der Waals surface area (Å²) in [6.45, 7) is 0.439. The van der Waals surface area contributed by atoms with Crippen molar-refractivity contribution in [3.63, 3.8) is 0 Å². The lowest BCUT2D eigenvalue weighted by Gasteiger charge is -2.10. The summed E-state index contributed by atoms with van der Waals surface area (Å²) in [4.78, 5) is 11.9. The lowest BCUT2D eigenvalue weighted by molar-refractivity contribution is 0.0951. The van der Waals surface area contributed by atoms with Crippen LogP contribution in [0.15, 0.2) is 36.7 Å². The molecule has 1 heterocycles. The van der Waals surface area contributed by atoms with Crippen LogP contribution in [0.2, 0.25) is 0 Å². The van der Waals surface area contributed by atoms with E-state index in [2.05, 4.69) is 5.32 Å². The van der Waals surface area contributed by atoms with Crippen molar-refractivity contribution in [1.82, 2.24) is 9.88 Å². The summed E-state index contributed by atoms with van der Waals surface area (Å²) in [5.74, 6) is 1.23. The topological polar surface area (TPSA) is 52.5 Å². The summed E-state index contributed by atoms with van der Waals surface area (Å²) < 4.78 is 12.2. The maximum atomic E-state index is 11.9. The second-order valence-electron chi connectivity index (χ2n) is 4.44. The van der Waals surface area contributed by atoms with Gasteiger partial charge in [0.05, 0.1) is 19.8 Å². The summed E-state index contributed by atoms with van der Waals surface area (Å²) in [6.07, 6.45) is 3.62. The van der Waals surface area contributed by atoms with Crippen molar-refractivity contribution in [2.45, 2.75) is 6.54 Å². The number of nitrogens with zero attached hydrogens (tertiary/aromatic N) is 1. The number of aromatic nitrogens is 1. The minimum absolute atomic E-state index is 0.0969. The Bertz CT molecular complexity index is 605. The fourth-order valence-corrected chi connectivity index (χ4v) is 1.91. The fraction of sp³-hybridized carbons (Fsp3) is 0.267. The van der Waals surface area contributed by atoms with Gasteiger partial charge in [0, 0.05) is 26.0 Å². The number of nitrogens with one attached hydrogen (secondary N) is 1. The third kappa shape index (κ3) is 3.12. The number of carbonyl (C=O) groups is 1. The van der Waals surface area contributed by atoms with Gasteiger partial charge >= 0.3 is 0 Å². The molecule has 2 aromatic rings. The number of hydrogen-bond donors (Lipinski definition) is 1. The van der Waals surface area contributed by atoms with Gasteiger partial charge in [0.15, 0.2) is 11.5 Å². The zero-order valence-electron chi connectivity index (χ0n) is 11.8. The van der Waals surface area contributed by atoms with E-state index in [0.717, 1.165) is 5.56 Å². The molecule has 0 saturated carbocycles. The molecule has 1 aromatic carbocycles. The van der Waals surface area contributed by atoms with Crippen LogP contribution in [-0.4, -0.2) is 24.7 Å². The van der Waals surface area contributed by atoms with Crippen LogP contribution in [0.3, 0.4) is 0 Å². The molecule has 1 amide bonds. The monoisotopic (exact) mass is 274 g/mol. The number of carbonyl (C=O) groups excluding carboxylic acids is 1. The van der Waals surface area contributed by atoms with Gasteiger partial charge in [-0.2, -0.15) is 0 Å². The number of aryl methyl sites for hydroxylation is 1. The largest absolute Gasteiger partial charge is 0.493 e. The number of amides is 1. The second kappa shape index (κ2) is 6.14. The summed E-state index contributed by atoms with van der Waals surface area (Å²) >= 11 is 0. The van der Waals surface area contributed by atoms with E-state index in [1.165, 1.54) is 0 Å². The molecular weight excluding hydrogens is 256 g/mol. The lowest BCUT2D eigenvalue weighted by Crippen LogP contribution is -2.22. The van der Waals surface area contributed by atoms with E-state index in [-0.39, 0.29) is 5.91 Å². The first-order chi connectivity index (χ1) is 9.63. The Balaban J connectivity index is 2.02. The number of methoxy groups -OCH3 is 2. The van der Waals surface area contributed by atoms with Crippen molar-refractivity contribution in [3.8, 4) is 11.5 Å². The third-order valence-corrected chi connectivity index (χ3v) is 3.00. The Morgan fingerprint density at radius 1 is 1.20 bits per heavy atom. The van der Waals surface area contributed by atoms with Gasteiger partial charge in [-0.15, -0.1) is 0 Å². The number of hydrogen-bond acceptors (Lipinski definition) is 3. The Morgan fingerprint density at radius 2 is 1.95 bits per heavy atom. The molecule has 0 unspecified atom stereocenters. The molecular formula is C15H18N2O3. The minimum Gasteiger partial charge on any atom is -0.493 e. The van der Waals surface area contributed by atoms with Crippen LogP contribution in [-0.2, 0) is 13.6 Å². The first-order valence-electron chi connectivity index (χ1n) is 6.25. The third-order valence-electron chi connectivity index (χ3n) is 3.00. The summed E-state index contributed by atoms with van der Waals surface area (Å²) in [5, 5.41) is 2.87. The summed E-state index contributed by atoms with van der Waals surface area (Å²) in [5.41, 5.74) is 1.60. The molecule has 0 aliphatic carbocycles. The van der Waals surface area contributed by atoms with Gasteiger partial charge in [0.1, 0.15) is 0 Å². The number of rotatable bonds is 5. The van der Waals surface area contributed by atoms with Crippen LogP contribution < -0.4 is 14.8 Å². The van der Waals surface area contributed by atoms with Crippen molar-refractivity contribution < 1.29 is 14.3 Å². The maximum absolute atomic E-state index is 11.9. The van der Waals surface area contributed by atoms with Gasteiger partial charge in [-0.05, 0) is 23.8 Å². The smallest absolute Gasteiger partial charge is 0.253 e. The molecule has 0 fully saturated rings. The van der Waals surface area contributed by atoms with Gasteiger partial charge in [-0.3, -0.25) is 4.79 Å². The van der Waals surface area contributed by atoms with E-state index in [1.54, 1.807) is 26.5 Å². The Kier molecular flexibility index (Phi) is 4.30. The van der Waals surface area contributed by atoms with Gasteiger partial charge in [0.25, 0.3) is 5.91 Å². The molecule has 5 heteroatoms. The molecule has 1 aromatic heterocycles. The zero-order chi connectivity index (χ0) is 14.5. The molecule has 106 valence electrons. The first kappa shape index (κ1) is 14.0. The average Bonchev–Trinajstić information content (AvgIpc) is 2.91. The maximum Gasteiger partial charge on any atom is 0.253 e. The molecule has 0 aliphatic rings. The van der Waals surface area contributed by atoms with E-state index < -0.39 is 0 Å². The van der Waals surface area contributed by atoms with Crippen LogP contribution in [0.5, 0.6) is 11.5 Å².